The Morgan fingerprint density at radius 3 is 2.73 bits per heavy atom. The third-order valence-corrected chi connectivity index (χ3v) is 5.00. The molecule has 26 heavy (non-hydrogen) atoms. The second-order valence-corrected chi connectivity index (χ2v) is 7.08. The molecule has 3 aromatic rings. The Balaban J connectivity index is 1.58. The van der Waals surface area contributed by atoms with Gasteiger partial charge in [0.15, 0.2) is 0 Å². The first-order chi connectivity index (χ1) is 12.7. The van der Waals surface area contributed by atoms with Crippen molar-refractivity contribution >= 4 is 40.7 Å². The van der Waals surface area contributed by atoms with Gasteiger partial charge in [0, 0.05) is 16.0 Å². The molecule has 0 saturated heterocycles. The monoisotopic (exact) mass is 384 g/mol. The van der Waals surface area contributed by atoms with Crippen molar-refractivity contribution in [3.63, 3.8) is 0 Å². The van der Waals surface area contributed by atoms with Crippen LogP contribution >= 0.6 is 23.1 Å². The van der Waals surface area contributed by atoms with Crippen LogP contribution in [0.1, 0.15) is 25.9 Å². The Kier molecular flexibility index (Phi) is 6.04. The molecule has 0 spiro atoms. The summed E-state index contributed by atoms with van der Waals surface area (Å²) in [7, 11) is 0. The number of hydrogen-bond acceptors (Lipinski definition) is 6. The maximum atomic E-state index is 12.3. The van der Waals surface area contributed by atoms with Crippen LogP contribution in [0.25, 0.3) is 0 Å². The number of nitrogens with one attached hydrogen (secondary N) is 1. The molecule has 0 radical (unpaired) electrons. The molecule has 0 aliphatic carbocycles. The lowest BCUT2D eigenvalue weighted by Crippen LogP contribution is -2.12. The van der Waals surface area contributed by atoms with Crippen LogP contribution in [0, 0.1) is 0 Å². The number of carbonyl (C=O) groups excluding carboxylic acids is 2. The van der Waals surface area contributed by atoms with Crippen LogP contribution in [-0.2, 0) is 11.3 Å². The molecule has 1 heterocycles. The third-order valence-electron chi connectivity index (χ3n) is 3.45. The molecule has 0 saturated carbocycles. The van der Waals surface area contributed by atoms with Crippen LogP contribution in [0.15, 0.2) is 64.9 Å². The number of aromatic nitrogens is 1. The number of rotatable bonds is 6. The molecule has 0 atom stereocenters. The maximum Gasteiger partial charge on any atom is 0.338 e. The first-order valence-corrected chi connectivity index (χ1v) is 9.88. The van der Waals surface area contributed by atoms with Crippen LogP contribution in [0.2, 0.25) is 0 Å². The summed E-state index contributed by atoms with van der Waals surface area (Å²) in [4.78, 5) is 29.5. The number of nitrogens with zero attached hydrogens (tertiary/aromatic N) is 1. The number of thiazole rings is 1. The lowest BCUT2D eigenvalue weighted by molar-refractivity contribution is 0.0472. The van der Waals surface area contributed by atoms with Gasteiger partial charge in [0.2, 0.25) is 0 Å². The molecule has 0 fully saturated rings. The van der Waals surface area contributed by atoms with Gasteiger partial charge < -0.3 is 10.1 Å². The van der Waals surface area contributed by atoms with Crippen LogP contribution < -0.4 is 5.32 Å². The Bertz CT molecular complexity index is 910. The molecular formula is C19H16N2O3S2. The first kappa shape index (κ1) is 18.2. The molecule has 1 N–H and O–H groups in total. The van der Waals surface area contributed by atoms with E-state index in [1.807, 2.05) is 36.6 Å². The molecule has 7 heteroatoms. The summed E-state index contributed by atoms with van der Waals surface area (Å²) in [5.74, 6) is -0.708. The fourth-order valence-corrected chi connectivity index (χ4v) is 3.31. The van der Waals surface area contributed by atoms with Gasteiger partial charge >= 0.3 is 5.97 Å². The van der Waals surface area contributed by atoms with Crippen LogP contribution in [0.4, 0.5) is 5.69 Å². The van der Waals surface area contributed by atoms with Gasteiger partial charge in [-0.05, 0) is 36.6 Å². The van der Waals surface area contributed by atoms with Crippen molar-refractivity contribution in [1.29, 1.82) is 0 Å². The van der Waals surface area contributed by atoms with Crippen molar-refractivity contribution in [2.45, 2.75) is 11.5 Å². The zero-order valence-electron chi connectivity index (χ0n) is 14.0. The predicted octanol–water partition coefficient (Wildman–Crippen LogP) is 4.47. The van der Waals surface area contributed by atoms with Crippen molar-refractivity contribution in [3.05, 3.63) is 76.2 Å². The fourth-order valence-electron chi connectivity index (χ4n) is 2.16. The number of ether oxygens (including phenoxy) is 1. The normalized spacial score (nSPS) is 10.3. The SMILES string of the molecule is CSc1cccc(NC(=O)c2csc(COC(=O)c3ccccc3)n2)c1. The van der Waals surface area contributed by atoms with Crippen molar-refractivity contribution < 1.29 is 14.3 Å². The number of amides is 1. The molecular weight excluding hydrogens is 368 g/mol. The van der Waals surface area contributed by atoms with Gasteiger partial charge in [-0.2, -0.15) is 0 Å². The average Bonchev–Trinajstić information content (AvgIpc) is 3.16. The maximum absolute atomic E-state index is 12.3. The van der Waals surface area contributed by atoms with Crippen molar-refractivity contribution in [2.75, 3.05) is 11.6 Å². The highest BCUT2D eigenvalue weighted by Gasteiger charge is 2.13. The lowest BCUT2D eigenvalue weighted by atomic mass is 10.2. The third kappa shape index (κ3) is 4.71. The van der Waals surface area contributed by atoms with Crippen molar-refractivity contribution in [1.82, 2.24) is 4.98 Å². The molecule has 0 aliphatic heterocycles. The Morgan fingerprint density at radius 2 is 1.96 bits per heavy atom. The van der Waals surface area contributed by atoms with Crippen LogP contribution in [-0.4, -0.2) is 23.1 Å². The van der Waals surface area contributed by atoms with E-state index in [1.54, 1.807) is 41.4 Å². The summed E-state index contributed by atoms with van der Waals surface area (Å²) < 4.78 is 5.23. The standard InChI is InChI=1S/C19H16N2O3S2/c1-25-15-9-5-8-14(10-15)20-18(22)16-12-26-17(21-16)11-24-19(23)13-6-3-2-4-7-13/h2-10,12H,11H2,1H3,(H,20,22). The molecule has 0 unspecified atom stereocenters. The van der Waals surface area contributed by atoms with E-state index in [0.29, 0.717) is 22.0 Å². The number of thioether (sulfide) groups is 1. The minimum Gasteiger partial charge on any atom is -0.455 e. The highest BCUT2D eigenvalue weighted by Crippen LogP contribution is 2.20. The minimum atomic E-state index is -0.416. The van der Waals surface area contributed by atoms with E-state index in [1.165, 1.54) is 11.3 Å². The van der Waals surface area contributed by atoms with Crippen molar-refractivity contribution in [2.24, 2.45) is 0 Å². The molecule has 1 aromatic heterocycles. The quantitative estimate of drug-likeness (QED) is 0.501. The molecule has 3 rings (SSSR count). The highest BCUT2D eigenvalue weighted by atomic mass is 32.2. The number of hydrogen-bond donors (Lipinski definition) is 1. The van der Waals surface area contributed by atoms with E-state index < -0.39 is 5.97 Å². The highest BCUT2D eigenvalue weighted by molar-refractivity contribution is 7.98. The van der Waals surface area contributed by atoms with E-state index in [-0.39, 0.29) is 12.5 Å². The van der Waals surface area contributed by atoms with E-state index in [4.69, 9.17) is 4.74 Å². The van der Waals surface area contributed by atoms with Gasteiger partial charge in [-0.1, -0.05) is 24.3 Å². The van der Waals surface area contributed by atoms with Crippen LogP contribution in [0.3, 0.4) is 0 Å². The summed E-state index contributed by atoms with van der Waals surface area (Å²) >= 11 is 2.88. The smallest absolute Gasteiger partial charge is 0.338 e. The summed E-state index contributed by atoms with van der Waals surface area (Å²) in [6, 6.07) is 16.3. The largest absolute Gasteiger partial charge is 0.455 e. The second-order valence-electron chi connectivity index (χ2n) is 5.25. The number of anilines is 1. The van der Waals surface area contributed by atoms with Gasteiger partial charge in [0.05, 0.1) is 5.56 Å². The topological polar surface area (TPSA) is 68.3 Å². The van der Waals surface area contributed by atoms with Crippen molar-refractivity contribution in [3.8, 4) is 0 Å². The Morgan fingerprint density at radius 1 is 1.15 bits per heavy atom. The van der Waals surface area contributed by atoms with Gasteiger partial charge in [-0.25, -0.2) is 9.78 Å². The zero-order valence-corrected chi connectivity index (χ0v) is 15.6. The van der Waals surface area contributed by atoms with Gasteiger partial charge in [0.25, 0.3) is 5.91 Å². The van der Waals surface area contributed by atoms with Crippen LogP contribution in [0.5, 0.6) is 0 Å². The molecule has 5 nitrogen and oxygen atoms in total. The van der Waals surface area contributed by atoms with E-state index in [2.05, 4.69) is 10.3 Å². The van der Waals surface area contributed by atoms with Gasteiger partial charge in [-0.15, -0.1) is 23.1 Å². The Hall–Kier alpha value is -2.64. The Labute approximate surface area is 159 Å². The lowest BCUT2D eigenvalue weighted by Gasteiger charge is -2.04. The van der Waals surface area contributed by atoms with Gasteiger partial charge in [0.1, 0.15) is 17.3 Å². The molecule has 132 valence electrons. The summed E-state index contributed by atoms with van der Waals surface area (Å²) in [5.41, 5.74) is 1.50. The zero-order chi connectivity index (χ0) is 18.4. The molecule has 0 aliphatic rings. The first-order valence-electron chi connectivity index (χ1n) is 7.77. The average molecular weight is 384 g/mol. The fraction of sp³-hybridized carbons (Fsp3) is 0.105. The molecule has 0 bridgehead atoms. The summed E-state index contributed by atoms with van der Waals surface area (Å²) in [6.07, 6.45) is 1.98. The molecule has 1 amide bonds. The minimum absolute atomic E-state index is 0.0354. The summed E-state index contributed by atoms with van der Waals surface area (Å²) in [6.45, 7) is 0.0354. The number of carbonyl (C=O) groups is 2. The van der Waals surface area contributed by atoms with E-state index in [0.717, 1.165) is 4.90 Å². The number of benzene rings is 2. The van der Waals surface area contributed by atoms with E-state index >= 15 is 0 Å². The van der Waals surface area contributed by atoms with Gasteiger partial charge in [-0.3, -0.25) is 4.79 Å². The van der Waals surface area contributed by atoms with E-state index in [9.17, 15) is 9.59 Å². The molecule has 2 aromatic carbocycles. The summed E-state index contributed by atoms with van der Waals surface area (Å²) in [5, 5.41) is 5.04. The number of esters is 1. The predicted molar refractivity (Wildman–Crippen MR) is 104 cm³/mol. The second kappa shape index (κ2) is 8.64.